The van der Waals surface area contributed by atoms with Gasteiger partial charge in [0.25, 0.3) is 0 Å². The molecule has 0 aromatic rings. The highest BCUT2D eigenvalue weighted by Crippen LogP contribution is 2.42. The summed E-state index contributed by atoms with van der Waals surface area (Å²) in [7, 11) is -1.99. The fraction of sp³-hybridized carbons (Fsp3) is 0.880. The Morgan fingerprint density at radius 1 is 1.10 bits per heavy atom. The van der Waals surface area contributed by atoms with Gasteiger partial charge >= 0.3 is 5.97 Å². The van der Waals surface area contributed by atoms with E-state index in [2.05, 4.69) is 54.3 Å². The number of ether oxygens (including phenoxy) is 3. The van der Waals surface area contributed by atoms with Gasteiger partial charge in [-0.25, -0.2) is 0 Å². The van der Waals surface area contributed by atoms with Crippen LogP contribution in [0.5, 0.6) is 0 Å². The molecule has 0 unspecified atom stereocenters. The standard InChI is InChI=1S/C25H48O5Si/c1-14-24(8,9)20(30-31(12,13)23(5,6)7)16-18-15-19(28-25(10,11)27-18)17-21(26)29-22(2,3)4/h14,18-20H,1,15-17H2,2-13H3/t18-,19-,20+/m1/s1. The van der Waals surface area contributed by atoms with E-state index in [0.717, 1.165) is 6.42 Å². The maximum Gasteiger partial charge on any atom is 0.308 e. The van der Waals surface area contributed by atoms with Gasteiger partial charge in [-0.1, -0.05) is 40.7 Å². The third kappa shape index (κ3) is 8.99. The van der Waals surface area contributed by atoms with Crippen LogP contribution in [0.15, 0.2) is 12.7 Å². The molecule has 182 valence electrons. The SMILES string of the molecule is C=CC(C)(C)[C@H](C[C@H]1C[C@H](CC(=O)OC(C)(C)C)OC(C)(C)O1)O[Si](C)(C)C(C)(C)C. The summed E-state index contributed by atoms with van der Waals surface area (Å²) in [6, 6.07) is 0. The summed E-state index contributed by atoms with van der Waals surface area (Å²) in [4.78, 5) is 12.4. The fourth-order valence-corrected chi connectivity index (χ4v) is 4.93. The maximum atomic E-state index is 12.4. The number of hydrogen-bond acceptors (Lipinski definition) is 5. The molecule has 1 aliphatic rings. The van der Waals surface area contributed by atoms with Crippen molar-refractivity contribution in [2.45, 2.75) is 136 Å². The number of rotatable bonds is 8. The van der Waals surface area contributed by atoms with E-state index in [1.165, 1.54) is 0 Å². The van der Waals surface area contributed by atoms with Gasteiger partial charge in [0.2, 0.25) is 0 Å². The summed E-state index contributed by atoms with van der Waals surface area (Å²) in [6.45, 7) is 29.2. The fourth-order valence-electron chi connectivity index (χ4n) is 3.46. The lowest BCUT2D eigenvalue weighted by molar-refractivity contribution is -0.303. The molecular weight excluding hydrogens is 408 g/mol. The number of carbonyl (C=O) groups excluding carboxylic acids is 1. The van der Waals surface area contributed by atoms with Gasteiger partial charge in [0.15, 0.2) is 14.1 Å². The van der Waals surface area contributed by atoms with Crippen molar-refractivity contribution in [2.24, 2.45) is 5.41 Å². The Balaban J connectivity index is 3.02. The van der Waals surface area contributed by atoms with Crippen LogP contribution in [0.25, 0.3) is 0 Å². The summed E-state index contributed by atoms with van der Waals surface area (Å²) in [5.41, 5.74) is -0.713. The largest absolute Gasteiger partial charge is 0.460 e. The summed E-state index contributed by atoms with van der Waals surface area (Å²) in [5.74, 6) is -1.01. The number of carbonyl (C=O) groups is 1. The van der Waals surface area contributed by atoms with Crippen molar-refractivity contribution in [3.8, 4) is 0 Å². The second kappa shape index (κ2) is 9.66. The molecule has 3 atom stereocenters. The van der Waals surface area contributed by atoms with Crippen molar-refractivity contribution in [3.05, 3.63) is 12.7 Å². The van der Waals surface area contributed by atoms with E-state index in [4.69, 9.17) is 18.6 Å². The molecule has 1 fully saturated rings. The van der Waals surface area contributed by atoms with Crippen molar-refractivity contribution in [1.29, 1.82) is 0 Å². The van der Waals surface area contributed by atoms with Crippen molar-refractivity contribution >= 4 is 14.3 Å². The smallest absolute Gasteiger partial charge is 0.308 e. The molecule has 5 nitrogen and oxygen atoms in total. The Morgan fingerprint density at radius 2 is 1.61 bits per heavy atom. The molecule has 0 spiro atoms. The monoisotopic (exact) mass is 456 g/mol. The Morgan fingerprint density at radius 3 is 2.06 bits per heavy atom. The summed E-state index contributed by atoms with van der Waals surface area (Å²) < 4.78 is 24.7. The van der Waals surface area contributed by atoms with Gasteiger partial charge in [-0.2, -0.15) is 0 Å². The van der Waals surface area contributed by atoms with Crippen LogP contribution in [-0.4, -0.2) is 44.0 Å². The summed E-state index contributed by atoms with van der Waals surface area (Å²) in [5, 5.41) is 0.109. The predicted octanol–water partition coefficient (Wildman–Crippen LogP) is 6.62. The highest BCUT2D eigenvalue weighted by Gasteiger charge is 2.45. The van der Waals surface area contributed by atoms with Crippen LogP contribution in [0.2, 0.25) is 18.1 Å². The van der Waals surface area contributed by atoms with Gasteiger partial charge in [-0.15, -0.1) is 6.58 Å². The molecule has 1 aliphatic heterocycles. The normalized spacial score (nSPS) is 23.9. The first-order valence-electron chi connectivity index (χ1n) is 11.6. The zero-order valence-corrected chi connectivity index (χ0v) is 23.2. The quantitative estimate of drug-likeness (QED) is 0.233. The molecule has 0 radical (unpaired) electrons. The average molecular weight is 457 g/mol. The van der Waals surface area contributed by atoms with Crippen molar-refractivity contribution in [3.63, 3.8) is 0 Å². The van der Waals surface area contributed by atoms with Gasteiger partial charge in [-0.3, -0.25) is 4.79 Å². The third-order valence-electron chi connectivity index (χ3n) is 6.32. The van der Waals surface area contributed by atoms with Gasteiger partial charge in [-0.05, 0) is 59.2 Å². The average Bonchev–Trinajstić information content (AvgIpc) is 2.49. The molecule has 31 heavy (non-hydrogen) atoms. The van der Waals surface area contributed by atoms with Crippen LogP contribution in [0.1, 0.15) is 88.5 Å². The first-order valence-corrected chi connectivity index (χ1v) is 14.5. The highest BCUT2D eigenvalue weighted by atomic mass is 28.4. The van der Waals surface area contributed by atoms with E-state index in [-0.39, 0.29) is 41.2 Å². The molecule has 0 aliphatic carbocycles. The Hall–Kier alpha value is -0.693. The minimum Gasteiger partial charge on any atom is -0.460 e. The second-order valence-electron chi connectivity index (χ2n) is 12.5. The molecular formula is C25H48O5Si. The Kier molecular flexibility index (Phi) is 8.83. The second-order valence-corrected chi connectivity index (χ2v) is 17.3. The minimum absolute atomic E-state index is 0.0352. The molecule has 0 saturated carbocycles. The Bertz CT molecular complexity index is 625. The van der Waals surface area contributed by atoms with Crippen molar-refractivity contribution in [2.75, 3.05) is 0 Å². The van der Waals surface area contributed by atoms with Crippen LogP contribution < -0.4 is 0 Å². The highest BCUT2D eigenvalue weighted by molar-refractivity contribution is 6.74. The van der Waals surface area contributed by atoms with Crippen LogP contribution in [-0.2, 0) is 23.4 Å². The van der Waals surface area contributed by atoms with Crippen LogP contribution >= 0.6 is 0 Å². The van der Waals surface area contributed by atoms with Crippen LogP contribution in [0, 0.1) is 5.41 Å². The zero-order valence-electron chi connectivity index (χ0n) is 22.2. The molecule has 0 aromatic heterocycles. The van der Waals surface area contributed by atoms with Crippen LogP contribution in [0.4, 0.5) is 0 Å². The topological polar surface area (TPSA) is 54.0 Å². The molecule has 0 aromatic carbocycles. The molecule has 0 amide bonds. The van der Waals surface area contributed by atoms with Gasteiger partial charge in [0, 0.05) is 11.8 Å². The van der Waals surface area contributed by atoms with Crippen LogP contribution in [0.3, 0.4) is 0 Å². The van der Waals surface area contributed by atoms with Crippen molar-refractivity contribution in [1.82, 2.24) is 0 Å². The van der Waals surface area contributed by atoms with E-state index >= 15 is 0 Å². The molecule has 1 rings (SSSR count). The molecule has 6 heteroatoms. The number of esters is 1. The van der Waals surface area contributed by atoms with Gasteiger partial charge in [0.1, 0.15) is 5.60 Å². The van der Waals surface area contributed by atoms with E-state index in [1.807, 2.05) is 40.7 Å². The van der Waals surface area contributed by atoms with E-state index in [9.17, 15) is 4.79 Å². The minimum atomic E-state index is -1.99. The lowest BCUT2D eigenvalue weighted by atomic mass is 9.83. The molecule has 1 heterocycles. The maximum absolute atomic E-state index is 12.4. The van der Waals surface area contributed by atoms with Gasteiger partial charge in [0.05, 0.1) is 24.7 Å². The van der Waals surface area contributed by atoms with E-state index in [1.54, 1.807) is 0 Å². The Labute approximate surface area is 192 Å². The first kappa shape index (κ1) is 28.3. The lowest BCUT2D eigenvalue weighted by Gasteiger charge is -2.46. The first-order chi connectivity index (χ1) is 13.7. The van der Waals surface area contributed by atoms with Crippen molar-refractivity contribution < 1.29 is 23.4 Å². The molecule has 0 bridgehead atoms. The molecule has 1 saturated heterocycles. The zero-order chi connectivity index (χ0) is 24.5. The summed E-state index contributed by atoms with van der Waals surface area (Å²) in [6.07, 6.45) is 3.20. The lowest BCUT2D eigenvalue weighted by Crippen LogP contribution is -2.51. The van der Waals surface area contributed by atoms with E-state index < -0.39 is 19.7 Å². The summed E-state index contributed by atoms with van der Waals surface area (Å²) >= 11 is 0. The van der Waals surface area contributed by atoms with E-state index in [0.29, 0.717) is 6.42 Å². The molecule has 0 N–H and O–H groups in total. The number of hydrogen-bond donors (Lipinski definition) is 0. The van der Waals surface area contributed by atoms with Gasteiger partial charge < -0.3 is 18.6 Å². The third-order valence-corrected chi connectivity index (χ3v) is 10.8. The predicted molar refractivity (Wildman–Crippen MR) is 130 cm³/mol.